The van der Waals surface area contributed by atoms with Gasteiger partial charge in [0, 0.05) is 23.6 Å². The summed E-state index contributed by atoms with van der Waals surface area (Å²) in [6.07, 6.45) is 2.72. The topological polar surface area (TPSA) is 37.6 Å². The van der Waals surface area contributed by atoms with Gasteiger partial charge in [0.25, 0.3) is 0 Å². The average Bonchev–Trinajstić information content (AvgIpc) is 3.06. The highest BCUT2D eigenvalue weighted by Crippen LogP contribution is 2.29. The molecule has 0 aliphatic heterocycles. The van der Waals surface area contributed by atoms with Gasteiger partial charge in [-0.1, -0.05) is 23.7 Å². The quantitative estimate of drug-likeness (QED) is 0.681. The van der Waals surface area contributed by atoms with Gasteiger partial charge in [0.1, 0.15) is 5.69 Å². The van der Waals surface area contributed by atoms with Gasteiger partial charge < -0.3 is 4.90 Å². The monoisotopic (exact) mass is 319 g/mol. The predicted octanol–water partition coefficient (Wildman–Crippen LogP) is 4.06. The maximum atomic E-state index is 11.4. The van der Waals surface area contributed by atoms with Crippen molar-refractivity contribution in [1.29, 1.82) is 0 Å². The fraction of sp³-hybridized carbons (Fsp3) is 0.200. The summed E-state index contributed by atoms with van der Waals surface area (Å²) in [5, 5.41) is 2.63. The predicted molar refractivity (Wildman–Crippen MR) is 86.7 cm³/mol. The van der Waals surface area contributed by atoms with E-state index in [0.29, 0.717) is 16.5 Å². The van der Waals surface area contributed by atoms with Crippen molar-refractivity contribution in [2.45, 2.75) is 13.0 Å². The number of carbonyl (C=O) groups excluding carboxylic acids is 1. The minimum absolute atomic E-state index is 0.0885. The van der Waals surface area contributed by atoms with Gasteiger partial charge in [-0.2, -0.15) is 0 Å². The standard InChI is InChI=1S/C15H14ClN3OS/c1-10(11-3-5-12(16)6-4-11)18(2)14-13(9-20)19-7-8-21-15(19)17-14/h3-10H,1-2H3. The molecule has 3 rings (SSSR count). The van der Waals surface area contributed by atoms with Crippen LogP contribution < -0.4 is 4.90 Å². The highest BCUT2D eigenvalue weighted by molar-refractivity contribution is 7.15. The van der Waals surface area contributed by atoms with E-state index < -0.39 is 0 Å². The summed E-state index contributed by atoms with van der Waals surface area (Å²) in [7, 11) is 1.94. The molecule has 0 radical (unpaired) electrons. The van der Waals surface area contributed by atoms with Crippen molar-refractivity contribution in [3.63, 3.8) is 0 Å². The van der Waals surface area contributed by atoms with Crippen LogP contribution in [0.5, 0.6) is 0 Å². The van der Waals surface area contributed by atoms with Crippen LogP contribution in [0.25, 0.3) is 4.96 Å². The second-order valence-electron chi connectivity index (χ2n) is 4.83. The fourth-order valence-electron chi connectivity index (χ4n) is 2.31. The molecule has 4 nitrogen and oxygen atoms in total. The smallest absolute Gasteiger partial charge is 0.196 e. The number of fused-ring (bicyclic) bond motifs is 1. The molecular formula is C15H14ClN3OS. The van der Waals surface area contributed by atoms with Crippen molar-refractivity contribution in [2.24, 2.45) is 0 Å². The Kier molecular flexibility index (Phi) is 3.69. The van der Waals surface area contributed by atoms with Gasteiger partial charge in [0.15, 0.2) is 17.1 Å². The first-order chi connectivity index (χ1) is 10.1. The second-order valence-corrected chi connectivity index (χ2v) is 6.14. The zero-order valence-electron chi connectivity index (χ0n) is 11.7. The Morgan fingerprint density at radius 3 is 2.76 bits per heavy atom. The lowest BCUT2D eigenvalue weighted by Gasteiger charge is -2.25. The second kappa shape index (κ2) is 5.50. The molecule has 1 aromatic carbocycles. The van der Waals surface area contributed by atoms with E-state index in [1.807, 2.05) is 52.2 Å². The Labute approximate surface area is 131 Å². The van der Waals surface area contributed by atoms with Crippen LogP contribution in [-0.2, 0) is 0 Å². The molecule has 0 saturated carbocycles. The van der Waals surface area contributed by atoms with Gasteiger partial charge in [-0.05, 0) is 24.6 Å². The lowest BCUT2D eigenvalue weighted by atomic mass is 10.1. The Balaban J connectivity index is 1.99. The summed E-state index contributed by atoms with van der Waals surface area (Å²) in [4.78, 5) is 18.8. The number of hydrogen-bond donors (Lipinski definition) is 0. The van der Waals surface area contributed by atoms with Crippen LogP contribution in [0, 0.1) is 0 Å². The van der Waals surface area contributed by atoms with Crippen molar-refractivity contribution in [2.75, 3.05) is 11.9 Å². The third-order valence-corrected chi connectivity index (χ3v) is 4.67. The van der Waals surface area contributed by atoms with E-state index in [4.69, 9.17) is 11.6 Å². The Morgan fingerprint density at radius 1 is 1.38 bits per heavy atom. The maximum absolute atomic E-state index is 11.4. The van der Waals surface area contributed by atoms with Gasteiger partial charge in [-0.25, -0.2) is 4.98 Å². The number of halogens is 1. The summed E-state index contributed by atoms with van der Waals surface area (Å²) < 4.78 is 1.82. The van der Waals surface area contributed by atoms with Crippen LogP contribution in [0.15, 0.2) is 35.8 Å². The third-order valence-electron chi connectivity index (χ3n) is 3.66. The molecule has 1 unspecified atom stereocenters. The maximum Gasteiger partial charge on any atom is 0.196 e. The van der Waals surface area contributed by atoms with Crippen molar-refractivity contribution < 1.29 is 4.79 Å². The Hall–Kier alpha value is -1.85. The van der Waals surface area contributed by atoms with Gasteiger partial charge >= 0.3 is 0 Å². The number of rotatable bonds is 4. The molecule has 6 heteroatoms. The van der Waals surface area contributed by atoms with Crippen LogP contribution in [-0.4, -0.2) is 22.7 Å². The van der Waals surface area contributed by atoms with E-state index in [1.165, 1.54) is 11.3 Å². The third kappa shape index (κ3) is 2.43. The Morgan fingerprint density at radius 2 is 2.10 bits per heavy atom. The minimum atomic E-state index is 0.0885. The molecule has 0 fully saturated rings. The molecule has 0 aliphatic carbocycles. The molecule has 0 spiro atoms. The van der Waals surface area contributed by atoms with E-state index >= 15 is 0 Å². The zero-order valence-corrected chi connectivity index (χ0v) is 13.2. The summed E-state index contributed by atoms with van der Waals surface area (Å²) in [6, 6.07) is 7.80. The normalized spacial score (nSPS) is 12.5. The molecule has 2 aromatic heterocycles. The van der Waals surface area contributed by atoms with Gasteiger partial charge in [0.05, 0.1) is 6.04 Å². The van der Waals surface area contributed by atoms with Crippen molar-refractivity contribution >= 4 is 40.0 Å². The molecule has 0 amide bonds. The molecule has 21 heavy (non-hydrogen) atoms. The highest BCUT2D eigenvalue weighted by Gasteiger charge is 2.20. The molecular weight excluding hydrogens is 306 g/mol. The number of nitrogens with zero attached hydrogens (tertiary/aromatic N) is 3. The van der Waals surface area contributed by atoms with Crippen molar-refractivity contribution in [3.05, 3.63) is 52.1 Å². The number of carbonyl (C=O) groups is 1. The van der Waals surface area contributed by atoms with Crippen LogP contribution in [0.3, 0.4) is 0 Å². The van der Waals surface area contributed by atoms with E-state index in [1.54, 1.807) is 0 Å². The average molecular weight is 320 g/mol. The first-order valence-corrected chi connectivity index (χ1v) is 7.76. The Bertz CT molecular complexity index is 778. The molecule has 3 aromatic rings. The minimum Gasteiger partial charge on any atom is -0.351 e. The number of benzene rings is 1. The molecule has 108 valence electrons. The van der Waals surface area contributed by atoms with Crippen LogP contribution in [0.2, 0.25) is 5.02 Å². The van der Waals surface area contributed by atoms with Crippen LogP contribution in [0.4, 0.5) is 5.82 Å². The lowest BCUT2D eigenvalue weighted by Crippen LogP contribution is -2.23. The van der Waals surface area contributed by atoms with E-state index in [9.17, 15) is 4.79 Å². The zero-order chi connectivity index (χ0) is 15.0. The molecule has 0 saturated heterocycles. The van der Waals surface area contributed by atoms with Crippen molar-refractivity contribution in [3.8, 4) is 0 Å². The summed E-state index contributed by atoms with van der Waals surface area (Å²) in [6.45, 7) is 2.07. The van der Waals surface area contributed by atoms with Gasteiger partial charge in [-0.15, -0.1) is 11.3 Å². The van der Waals surface area contributed by atoms with E-state index in [0.717, 1.165) is 16.8 Å². The fourth-order valence-corrected chi connectivity index (χ4v) is 3.15. The number of aldehydes is 1. The molecule has 2 heterocycles. The van der Waals surface area contributed by atoms with Crippen LogP contribution >= 0.6 is 22.9 Å². The van der Waals surface area contributed by atoms with E-state index in [-0.39, 0.29) is 6.04 Å². The SMILES string of the molecule is CC(c1ccc(Cl)cc1)N(C)c1nc2sccn2c1C=O. The number of hydrogen-bond acceptors (Lipinski definition) is 4. The van der Waals surface area contributed by atoms with Crippen molar-refractivity contribution in [1.82, 2.24) is 9.38 Å². The molecule has 1 atom stereocenters. The van der Waals surface area contributed by atoms with Gasteiger partial charge in [0.2, 0.25) is 0 Å². The number of aromatic nitrogens is 2. The largest absolute Gasteiger partial charge is 0.351 e. The summed E-state index contributed by atoms with van der Waals surface area (Å²) in [5.74, 6) is 0.694. The summed E-state index contributed by atoms with van der Waals surface area (Å²) >= 11 is 7.44. The molecule has 0 N–H and O–H groups in total. The van der Waals surface area contributed by atoms with Crippen LogP contribution in [0.1, 0.15) is 29.0 Å². The first kappa shape index (κ1) is 14.1. The highest BCUT2D eigenvalue weighted by atomic mass is 35.5. The van der Waals surface area contributed by atoms with E-state index in [2.05, 4.69) is 11.9 Å². The van der Waals surface area contributed by atoms with Gasteiger partial charge in [-0.3, -0.25) is 9.20 Å². The first-order valence-electron chi connectivity index (χ1n) is 6.51. The number of imidazole rings is 1. The molecule has 0 bridgehead atoms. The lowest BCUT2D eigenvalue weighted by molar-refractivity contribution is 0.111. The summed E-state index contributed by atoms with van der Waals surface area (Å²) in [5.41, 5.74) is 1.70. The number of anilines is 1. The molecule has 0 aliphatic rings. The number of thiazole rings is 1.